The van der Waals surface area contributed by atoms with Gasteiger partial charge in [-0.3, -0.25) is 0 Å². The summed E-state index contributed by atoms with van der Waals surface area (Å²) < 4.78 is 0. The normalized spacial score (nSPS) is 36.0. The van der Waals surface area contributed by atoms with Crippen LogP contribution in [0.2, 0.25) is 0 Å². The molecule has 3 N–H and O–H groups in total. The SMILES string of the molecule is O=[N+]([O-])O.O=[N+]([O-])OC1CCCC2(O)CCCCC12O. The lowest BCUT2D eigenvalue weighted by Gasteiger charge is -2.53. The van der Waals surface area contributed by atoms with Crippen LogP contribution in [0.1, 0.15) is 44.9 Å². The fourth-order valence-electron chi connectivity index (χ4n) is 3.13. The Bertz CT molecular complexity index is 370. The van der Waals surface area contributed by atoms with E-state index in [0.717, 1.165) is 12.8 Å². The summed E-state index contributed by atoms with van der Waals surface area (Å²) in [7, 11) is 0. The van der Waals surface area contributed by atoms with Crippen LogP contribution in [0.15, 0.2) is 0 Å². The molecule has 2 rings (SSSR count). The Balaban J connectivity index is 0.000000444. The van der Waals surface area contributed by atoms with Crippen LogP contribution in [0.3, 0.4) is 0 Å². The van der Waals surface area contributed by atoms with Gasteiger partial charge in [0.25, 0.3) is 10.2 Å². The van der Waals surface area contributed by atoms with Gasteiger partial charge in [0.2, 0.25) is 0 Å². The van der Waals surface area contributed by atoms with Crippen molar-refractivity contribution >= 4 is 0 Å². The summed E-state index contributed by atoms with van der Waals surface area (Å²) >= 11 is 0. The molecule has 3 atom stereocenters. The van der Waals surface area contributed by atoms with Crippen molar-refractivity contribution in [2.75, 3.05) is 0 Å². The van der Waals surface area contributed by atoms with Gasteiger partial charge in [0.05, 0.1) is 5.60 Å². The van der Waals surface area contributed by atoms with E-state index >= 15 is 0 Å². The summed E-state index contributed by atoms with van der Waals surface area (Å²) in [6.07, 6.45) is 3.20. The van der Waals surface area contributed by atoms with E-state index in [1.54, 1.807) is 0 Å². The van der Waals surface area contributed by atoms with Crippen LogP contribution in [0.4, 0.5) is 0 Å². The van der Waals surface area contributed by atoms with Crippen molar-refractivity contribution in [2.24, 2.45) is 0 Å². The Morgan fingerprint density at radius 2 is 1.55 bits per heavy atom. The zero-order chi connectivity index (χ0) is 15.4. The molecule has 0 aliphatic heterocycles. The summed E-state index contributed by atoms with van der Waals surface area (Å²) in [5.41, 5.74) is -2.65. The summed E-state index contributed by atoms with van der Waals surface area (Å²) in [6, 6.07) is 0. The number of hydrogen-bond acceptors (Lipinski definition) is 7. The summed E-state index contributed by atoms with van der Waals surface area (Å²) in [6.45, 7) is 0. The first-order valence-corrected chi connectivity index (χ1v) is 6.30. The lowest BCUT2D eigenvalue weighted by atomic mass is 9.62. The van der Waals surface area contributed by atoms with Gasteiger partial charge in [-0.25, -0.2) is 0 Å². The zero-order valence-electron chi connectivity index (χ0n) is 10.8. The second kappa shape index (κ2) is 6.18. The molecule has 0 spiro atoms. The summed E-state index contributed by atoms with van der Waals surface area (Å²) in [5, 5.41) is 44.0. The number of fused-ring (bicyclic) bond motifs is 1. The average Bonchev–Trinajstić information content (AvgIpc) is 2.30. The summed E-state index contributed by atoms with van der Waals surface area (Å²) in [5.74, 6) is 0. The molecule has 0 amide bonds. The van der Waals surface area contributed by atoms with E-state index in [1.165, 1.54) is 0 Å². The van der Waals surface area contributed by atoms with Gasteiger partial charge >= 0.3 is 0 Å². The van der Waals surface area contributed by atoms with Crippen molar-refractivity contribution in [3.05, 3.63) is 20.2 Å². The van der Waals surface area contributed by atoms with Crippen molar-refractivity contribution in [1.29, 1.82) is 0 Å². The molecule has 2 aliphatic carbocycles. The van der Waals surface area contributed by atoms with Crippen molar-refractivity contribution < 1.29 is 30.4 Å². The molecule has 0 aromatic heterocycles. The van der Waals surface area contributed by atoms with Crippen LogP contribution in [0.25, 0.3) is 0 Å². The quantitative estimate of drug-likeness (QED) is 0.489. The van der Waals surface area contributed by atoms with Gasteiger partial charge in [-0.2, -0.15) is 0 Å². The topological polar surface area (TPSA) is 156 Å². The molecule has 0 bridgehead atoms. The highest BCUT2D eigenvalue weighted by molar-refractivity contribution is 5.09. The predicted molar refractivity (Wildman–Crippen MR) is 62.9 cm³/mol. The number of aliphatic hydroxyl groups is 2. The highest BCUT2D eigenvalue weighted by Gasteiger charge is 2.58. The lowest BCUT2D eigenvalue weighted by molar-refractivity contribution is -0.774. The number of rotatable bonds is 2. The molecule has 0 heterocycles. The van der Waals surface area contributed by atoms with Crippen LogP contribution in [0.5, 0.6) is 0 Å². The second-order valence-electron chi connectivity index (χ2n) is 5.11. The van der Waals surface area contributed by atoms with Gasteiger partial charge in [0, 0.05) is 0 Å². The minimum Gasteiger partial charge on any atom is -0.387 e. The second-order valence-corrected chi connectivity index (χ2v) is 5.11. The third kappa shape index (κ3) is 3.45. The van der Waals surface area contributed by atoms with Crippen molar-refractivity contribution in [3.8, 4) is 0 Å². The van der Waals surface area contributed by atoms with Gasteiger partial charge in [0.15, 0.2) is 0 Å². The average molecular weight is 294 g/mol. The first kappa shape index (κ1) is 16.4. The van der Waals surface area contributed by atoms with Gasteiger partial charge < -0.3 is 20.3 Å². The maximum Gasteiger partial charge on any atom is 0.294 e. The monoisotopic (exact) mass is 294 g/mol. The molecule has 2 saturated carbocycles. The predicted octanol–water partition coefficient (Wildman–Crippen LogP) is 0.436. The van der Waals surface area contributed by atoms with Gasteiger partial charge in [-0.15, -0.1) is 20.2 Å². The Kier molecular flexibility index (Phi) is 5.06. The molecular formula is C10H18N2O8. The van der Waals surface area contributed by atoms with Crippen LogP contribution in [-0.2, 0) is 4.84 Å². The van der Waals surface area contributed by atoms with E-state index in [2.05, 4.69) is 4.84 Å². The van der Waals surface area contributed by atoms with Crippen molar-refractivity contribution in [3.63, 3.8) is 0 Å². The molecule has 10 nitrogen and oxygen atoms in total. The first-order chi connectivity index (χ1) is 9.21. The molecule has 116 valence electrons. The number of nitrogens with zero attached hydrogens (tertiary/aromatic N) is 2. The fourth-order valence-corrected chi connectivity index (χ4v) is 3.13. The lowest BCUT2D eigenvalue weighted by Crippen LogP contribution is -2.65. The molecule has 0 radical (unpaired) electrons. The van der Waals surface area contributed by atoms with Gasteiger partial charge in [0.1, 0.15) is 11.7 Å². The van der Waals surface area contributed by atoms with Crippen molar-refractivity contribution in [1.82, 2.24) is 0 Å². The first-order valence-electron chi connectivity index (χ1n) is 6.30. The Morgan fingerprint density at radius 1 is 1.05 bits per heavy atom. The smallest absolute Gasteiger partial charge is 0.294 e. The van der Waals surface area contributed by atoms with E-state index in [1.807, 2.05) is 0 Å². The van der Waals surface area contributed by atoms with Crippen LogP contribution in [-0.4, -0.2) is 42.9 Å². The molecule has 0 aromatic carbocycles. The highest BCUT2D eigenvalue weighted by atomic mass is 17.0. The fraction of sp³-hybridized carbons (Fsp3) is 1.00. The maximum atomic E-state index is 10.5. The highest BCUT2D eigenvalue weighted by Crippen LogP contribution is 2.47. The molecule has 3 unspecified atom stereocenters. The van der Waals surface area contributed by atoms with Crippen LogP contribution in [0, 0.1) is 20.2 Å². The Hall–Kier alpha value is -1.68. The van der Waals surface area contributed by atoms with Crippen LogP contribution >= 0.6 is 0 Å². The minimum atomic E-state index is -1.50. The molecule has 10 heteroatoms. The van der Waals surface area contributed by atoms with Gasteiger partial charge in [-0.05, 0) is 32.1 Å². The third-order valence-electron chi connectivity index (χ3n) is 4.01. The molecule has 2 aliphatic rings. The molecule has 2 fully saturated rings. The summed E-state index contributed by atoms with van der Waals surface area (Å²) in [4.78, 5) is 23.3. The minimum absolute atomic E-state index is 0.377. The zero-order valence-corrected chi connectivity index (χ0v) is 10.8. The molecule has 0 aromatic rings. The maximum absolute atomic E-state index is 10.5. The molecule has 20 heavy (non-hydrogen) atoms. The third-order valence-corrected chi connectivity index (χ3v) is 4.01. The molecule has 0 saturated heterocycles. The van der Waals surface area contributed by atoms with Gasteiger partial charge in [-0.1, -0.05) is 12.8 Å². The largest absolute Gasteiger partial charge is 0.387 e. The van der Waals surface area contributed by atoms with Crippen LogP contribution < -0.4 is 0 Å². The Labute approximate surface area is 114 Å². The number of hydrogen-bond donors (Lipinski definition) is 3. The molecular weight excluding hydrogens is 276 g/mol. The van der Waals surface area contributed by atoms with E-state index in [4.69, 9.17) is 15.3 Å². The van der Waals surface area contributed by atoms with E-state index < -0.39 is 27.5 Å². The standard InChI is InChI=1S/C10H17NO5.HNO3/c12-9-5-1-2-7-10(9,13)8(4-3-6-9)16-11(14)15;2-1(3)4/h8,12-13H,1-7H2;(H,2,3,4). The Morgan fingerprint density at radius 3 is 2.10 bits per heavy atom. The van der Waals surface area contributed by atoms with Crippen molar-refractivity contribution in [2.45, 2.75) is 62.3 Å². The van der Waals surface area contributed by atoms with E-state index in [9.17, 15) is 20.3 Å². The van der Waals surface area contributed by atoms with E-state index in [0.29, 0.717) is 32.1 Å². The van der Waals surface area contributed by atoms with E-state index in [-0.39, 0.29) is 0 Å².